The normalized spacial score (nSPS) is 21.7. The number of nitrogens with zero attached hydrogens (tertiary/aromatic N) is 2. The molecular weight excluding hydrogens is 227 g/mol. The Morgan fingerprint density at radius 2 is 1.67 bits per heavy atom. The Morgan fingerprint density at radius 1 is 1.06 bits per heavy atom. The molecule has 4 nitrogen and oxygen atoms in total. The van der Waals surface area contributed by atoms with E-state index in [1.165, 1.54) is 0 Å². The molecule has 0 aliphatic carbocycles. The molecular formula is C13H17BN2O2. The highest BCUT2D eigenvalue weighted by Gasteiger charge is 2.53. The molecule has 1 aliphatic rings. The fourth-order valence-electron chi connectivity index (χ4n) is 2.01. The summed E-state index contributed by atoms with van der Waals surface area (Å²) in [6.07, 6.45) is 1.96. The van der Waals surface area contributed by atoms with Crippen molar-refractivity contribution in [2.24, 2.45) is 0 Å². The molecule has 0 atom stereocenters. The number of aromatic nitrogens is 2. The maximum absolute atomic E-state index is 5.96. The van der Waals surface area contributed by atoms with E-state index in [-0.39, 0.29) is 11.2 Å². The van der Waals surface area contributed by atoms with Crippen LogP contribution in [0.1, 0.15) is 27.7 Å². The summed E-state index contributed by atoms with van der Waals surface area (Å²) in [4.78, 5) is 0. The Labute approximate surface area is 107 Å². The van der Waals surface area contributed by atoms with E-state index in [2.05, 4.69) is 5.10 Å². The zero-order valence-electron chi connectivity index (χ0n) is 11.2. The van der Waals surface area contributed by atoms with Gasteiger partial charge in [0.25, 0.3) is 0 Å². The highest BCUT2D eigenvalue weighted by atomic mass is 16.7. The molecule has 2 aromatic rings. The molecule has 0 amide bonds. The largest absolute Gasteiger partial charge is 0.615 e. The number of rotatable bonds is 1. The van der Waals surface area contributed by atoms with E-state index in [9.17, 15) is 0 Å². The zero-order valence-corrected chi connectivity index (χ0v) is 11.2. The van der Waals surface area contributed by atoms with E-state index in [1.807, 2.05) is 58.2 Å². The van der Waals surface area contributed by atoms with Gasteiger partial charge in [0.1, 0.15) is 0 Å². The van der Waals surface area contributed by atoms with E-state index in [0.717, 1.165) is 10.9 Å². The number of fused-ring (bicyclic) bond motifs is 1. The Morgan fingerprint density at radius 3 is 2.28 bits per heavy atom. The lowest BCUT2D eigenvalue weighted by atomic mass is 9.90. The summed E-state index contributed by atoms with van der Waals surface area (Å²) < 4.78 is 13.7. The molecule has 1 saturated heterocycles. The minimum atomic E-state index is -0.456. The predicted octanol–water partition coefficient (Wildman–Crippen LogP) is 2.47. The summed E-state index contributed by atoms with van der Waals surface area (Å²) in [6, 6.07) is 7.99. The molecule has 0 radical (unpaired) electrons. The standard InChI is InChI=1S/C13H17BN2O2/c1-12(2)13(3,4)18-14(17-12)16-9-10-7-5-6-8-11(10)15-16/h5-9H,1-4H3. The molecule has 0 saturated carbocycles. The van der Waals surface area contributed by atoms with Crippen LogP contribution in [-0.4, -0.2) is 28.1 Å². The van der Waals surface area contributed by atoms with Crippen molar-refractivity contribution in [1.82, 2.24) is 9.69 Å². The Balaban J connectivity index is 1.97. The zero-order chi connectivity index (χ0) is 13.0. The molecule has 1 aromatic carbocycles. The predicted molar refractivity (Wildman–Crippen MR) is 71.2 cm³/mol. The summed E-state index contributed by atoms with van der Waals surface area (Å²) in [5.41, 5.74) is 0.276. The van der Waals surface area contributed by atoms with Crippen molar-refractivity contribution in [3.05, 3.63) is 30.5 Å². The molecule has 94 valence electrons. The van der Waals surface area contributed by atoms with Crippen LogP contribution >= 0.6 is 0 Å². The Bertz CT molecular complexity index is 542. The second kappa shape index (κ2) is 3.59. The van der Waals surface area contributed by atoms with Gasteiger partial charge < -0.3 is 9.31 Å². The highest BCUT2D eigenvalue weighted by Crippen LogP contribution is 2.37. The molecule has 3 rings (SSSR count). The number of benzene rings is 1. The first-order valence-electron chi connectivity index (χ1n) is 6.19. The van der Waals surface area contributed by atoms with Crippen molar-refractivity contribution in [2.45, 2.75) is 38.9 Å². The van der Waals surface area contributed by atoms with E-state index < -0.39 is 7.25 Å². The Hall–Kier alpha value is -1.33. The third kappa shape index (κ3) is 1.66. The lowest BCUT2D eigenvalue weighted by Gasteiger charge is -2.32. The van der Waals surface area contributed by atoms with E-state index in [4.69, 9.17) is 9.31 Å². The summed E-state index contributed by atoms with van der Waals surface area (Å²) in [5, 5.41) is 5.58. The van der Waals surface area contributed by atoms with Gasteiger partial charge in [-0.05, 0) is 33.8 Å². The van der Waals surface area contributed by atoms with Gasteiger partial charge in [-0.2, -0.15) is 5.10 Å². The van der Waals surface area contributed by atoms with Gasteiger partial charge >= 0.3 is 7.25 Å². The summed E-state index contributed by atoms with van der Waals surface area (Å²) >= 11 is 0. The molecule has 1 aliphatic heterocycles. The smallest absolute Gasteiger partial charge is 0.383 e. The van der Waals surface area contributed by atoms with Crippen molar-refractivity contribution in [3.8, 4) is 0 Å². The van der Waals surface area contributed by atoms with Crippen LogP contribution in [0.5, 0.6) is 0 Å². The van der Waals surface area contributed by atoms with E-state index >= 15 is 0 Å². The highest BCUT2D eigenvalue weighted by molar-refractivity contribution is 6.43. The molecule has 0 spiro atoms. The monoisotopic (exact) mass is 244 g/mol. The second-order valence-corrected chi connectivity index (χ2v) is 5.73. The maximum atomic E-state index is 5.96. The van der Waals surface area contributed by atoms with Crippen LogP contribution in [0.3, 0.4) is 0 Å². The SMILES string of the molecule is CC1(C)OB(n2cc3ccccc3n2)OC1(C)C. The lowest BCUT2D eigenvalue weighted by Crippen LogP contribution is -2.41. The van der Waals surface area contributed by atoms with Crippen LogP contribution in [0.2, 0.25) is 0 Å². The first-order chi connectivity index (χ1) is 8.39. The molecule has 5 heteroatoms. The lowest BCUT2D eigenvalue weighted by molar-refractivity contribution is 0.00578. The van der Waals surface area contributed by atoms with Crippen LogP contribution in [0.15, 0.2) is 30.5 Å². The third-order valence-electron chi connectivity index (χ3n) is 3.89. The number of hydrogen-bond acceptors (Lipinski definition) is 3. The van der Waals surface area contributed by atoms with Gasteiger partial charge in [0, 0.05) is 11.6 Å². The van der Waals surface area contributed by atoms with Gasteiger partial charge in [0.05, 0.1) is 16.7 Å². The summed E-state index contributed by atoms with van der Waals surface area (Å²) in [6.45, 7) is 8.15. The van der Waals surface area contributed by atoms with Gasteiger partial charge in [-0.15, -0.1) is 0 Å². The van der Waals surface area contributed by atoms with Gasteiger partial charge in [0.2, 0.25) is 0 Å². The average Bonchev–Trinajstić information content (AvgIpc) is 2.78. The van der Waals surface area contributed by atoms with Crippen molar-refractivity contribution in [1.29, 1.82) is 0 Å². The molecule has 18 heavy (non-hydrogen) atoms. The maximum Gasteiger partial charge on any atom is 0.615 e. The molecule has 1 aromatic heterocycles. The Kier molecular flexibility index (Phi) is 2.34. The summed E-state index contributed by atoms with van der Waals surface area (Å²) in [7, 11) is -0.456. The van der Waals surface area contributed by atoms with E-state index in [1.54, 1.807) is 4.59 Å². The van der Waals surface area contributed by atoms with Crippen LogP contribution < -0.4 is 0 Å². The molecule has 0 bridgehead atoms. The third-order valence-corrected chi connectivity index (χ3v) is 3.89. The van der Waals surface area contributed by atoms with Crippen LogP contribution in [0.25, 0.3) is 10.9 Å². The average molecular weight is 244 g/mol. The fourth-order valence-corrected chi connectivity index (χ4v) is 2.01. The minimum absolute atomic E-state index is 0.337. The van der Waals surface area contributed by atoms with Crippen LogP contribution in [0.4, 0.5) is 0 Å². The first kappa shape index (κ1) is 11.7. The van der Waals surface area contributed by atoms with Gasteiger partial charge in [-0.1, -0.05) is 18.2 Å². The first-order valence-corrected chi connectivity index (χ1v) is 6.19. The fraction of sp³-hybridized carbons (Fsp3) is 0.462. The quantitative estimate of drug-likeness (QED) is 0.723. The number of hydrogen-bond donors (Lipinski definition) is 0. The van der Waals surface area contributed by atoms with Crippen molar-refractivity contribution in [3.63, 3.8) is 0 Å². The summed E-state index contributed by atoms with van der Waals surface area (Å²) in [5.74, 6) is 0. The van der Waals surface area contributed by atoms with Crippen molar-refractivity contribution >= 4 is 18.2 Å². The van der Waals surface area contributed by atoms with Crippen molar-refractivity contribution < 1.29 is 9.31 Å². The van der Waals surface area contributed by atoms with Gasteiger partial charge in [0.15, 0.2) is 0 Å². The van der Waals surface area contributed by atoms with Crippen LogP contribution in [0, 0.1) is 0 Å². The molecule has 1 fully saturated rings. The van der Waals surface area contributed by atoms with Gasteiger partial charge in [-0.3, -0.25) is 4.59 Å². The molecule has 2 heterocycles. The molecule has 0 N–H and O–H groups in total. The molecule has 0 unspecified atom stereocenters. The minimum Gasteiger partial charge on any atom is -0.383 e. The van der Waals surface area contributed by atoms with Gasteiger partial charge in [-0.25, -0.2) is 0 Å². The van der Waals surface area contributed by atoms with Crippen LogP contribution in [-0.2, 0) is 9.31 Å². The topological polar surface area (TPSA) is 36.3 Å². The van der Waals surface area contributed by atoms with Crippen molar-refractivity contribution in [2.75, 3.05) is 0 Å². The second-order valence-electron chi connectivity index (χ2n) is 5.73. The van der Waals surface area contributed by atoms with E-state index in [0.29, 0.717) is 0 Å².